The van der Waals surface area contributed by atoms with E-state index < -0.39 is 24.2 Å². The summed E-state index contributed by atoms with van der Waals surface area (Å²) in [6.07, 6.45) is -6.06. The maximum Gasteiger partial charge on any atom is 0.438 e. The largest absolute Gasteiger partial charge is 0.508 e. The Morgan fingerprint density at radius 1 is 1.22 bits per heavy atom. The van der Waals surface area contributed by atoms with Crippen molar-refractivity contribution in [1.82, 2.24) is 5.01 Å². The number of halogens is 3. The maximum atomic E-state index is 13.6. The zero-order valence-corrected chi connectivity index (χ0v) is 14.1. The average molecular weight is 380 g/mol. The fraction of sp³-hybridized carbons (Fsp3) is 0.222. The van der Waals surface area contributed by atoms with Crippen molar-refractivity contribution < 1.29 is 32.9 Å². The Morgan fingerprint density at radius 3 is 2.44 bits per heavy atom. The third kappa shape index (κ3) is 3.33. The minimum absolute atomic E-state index is 0.0152. The first-order valence-corrected chi connectivity index (χ1v) is 7.80. The second-order valence-electron chi connectivity index (χ2n) is 5.93. The minimum atomic E-state index is -5.14. The maximum absolute atomic E-state index is 13.6. The molecule has 1 atom stereocenters. The van der Waals surface area contributed by atoms with Gasteiger partial charge in [-0.25, -0.2) is 0 Å². The van der Waals surface area contributed by atoms with Crippen molar-refractivity contribution in [3.63, 3.8) is 0 Å². The molecule has 0 fully saturated rings. The van der Waals surface area contributed by atoms with E-state index in [1.54, 1.807) is 0 Å². The summed E-state index contributed by atoms with van der Waals surface area (Å²) in [6.45, 7) is 0. The van der Waals surface area contributed by atoms with E-state index in [2.05, 4.69) is 5.10 Å². The van der Waals surface area contributed by atoms with Crippen LogP contribution in [0, 0.1) is 0 Å². The summed E-state index contributed by atoms with van der Waals surface area (Å²) in [7, 11) is 1.44. The van der Waals surface area contributed by atoms with Crippen LogP contribution in [0.1, 0.15) is 22.3 Å². The lowest BCUT2D eigenvalue weighted by Gasteiger charge is -2.32. The highest BCUT2D eigenvalue weighted by atomic mass is 19.4. The highest BCUT2D eigenvalue weighted by Gasteiger charge is 2.63. The lowest BCUT2D eigenvalue weighted by molar-refractivity contribution is -0.297. The van der Waals surface area contributed by atoms with Crippen molar-refractivity contribution in [3.05, 3.63) is 59.7 Å². The normalized spacial score (nSPS) is 19.7. The molecule has 0 bridgehead atoms. The summed E-state index contributed by atoms with van der Waals surface area (Å²) in [5.74, 6) is -0.986. The predicted octanol–water partition coefficient (Wildman–Crippen LogP) is 2.90. The molecule has 2 aromatic carbocycles. The standard InChI is InChI=1S/C18H15F3N2O4/c1-27-14-7-5-11(6-8-14)15-10-17(26,18(19,20)21)23(22-15)16(25)12-3-2-4-13(24)9-12/h2-9,24,26H,10H2,1H3/t17-/m1/s1. The van der Waals surface area contributed by atoms with E-state index in [0.717, 1.165) is 6.07 Å². The minimum Gasteiger partial charge on any atom is -0.508 e. The second-order valence-corrected chi connectivity index (χ2v) is 5.93. The number of amides is 1. The SMILES string of the molecule is COc1ccc(C2=NN(C(=O)c3cccc(O)c3)[C@](O)(C(F)(F)F)C2)cc1. The third-order valence-electron chi connectivity index (χ3n) is 4.15. The first-order chi connectivity index (χ1) is 12.7. The molecular formula is C18H15F3N2O4. The van der Waals surface area contributed by atoms with Gasteiger partial charge in [0.1, 0.15) is 11.5 Å². The molecule has 3 rings (SSSR count). The van der Waals surface area contributed by atoms with Gasteiger partial charge in [0.05, 0.1) is 19.2 Å². The lowest BCUT2D eigenvalue weighted by Crippen LogP contribution is -2.56. The van der Waals surface area contributed by atoms with Crippen molar-refractivity contribution in [2.24, 2.45) is 5.10 Å². The van der Waals surface area contributed by atoms with Crippen molar-refractivity contribution >= 4 is 11.6 Å². The van der Waals surface area contributed by atoms with Gasteiger partial charge in [-0.15, -0.1) is 0 Å². The van der Waals surface area contributed by atoms with Gasteiger partial charge >= 0.3 is 6.18 Å². The number of methoxy groups -OCH3 is 1. The molecule has 0 unspecified atom stereocenters. The van der Waals surface area contributed by atoms with E-state index in [1.165, 1.54) is 49.6 Å². The van der Waals surface area contributed by atoms with Crippen LogP contribution in [0.15, 0.2) is 53.6 Å². The Hall–Kier alpha value is -3.07. The number of carbonyl (C=O) groups is 1. The zero-order valence-electron chi connectivity index (χ0n) is 14.1. The fourth-order valence-electron chi connectivity index (χ4n) is 2.69. The van der Waals surface area contributed by atoms with Gasteiger partial charge in [0.15, 0.2) is 0 Å². The Kier molecular flexibility index (Phi) is 4.56. The van der Waals surface area contributed by atoms with Crippen LogP contribution in [0.5, 0.6) is 11.5 Å². The first-order valence-electron chi connectivity index (χ1n) is 7.80. The monoisotopic (exact) mass is 380 g/mol. The summed E-state index contributed by atoms with van der Waals surface area (Å²) in [5.41, 5.74) is -3.53. The van der Waals surface area contributed by atoms with Crippen LogP contribution >= 0.6 is 0 Å². The Morgan fingerprint density at radius 2 is 1.89 bits per heavy atom. The topological polar surface area (TPSA) is 82.4 Å². The summed E-state index contributed by atoms with van der Waals surface area (Å²) in [4.78, 5) is 12.6. The molecule has 9 heteroatoms. The molecule has 2 N–H and O–H groups in total. The van der Waals surface area contributed by atoms with Crippen LogP contribution in [0.4, 0.5) is 13.2 Å². The summed E-state index contributed by atoms with van der Waals surface area (Å²) in [5, 5.41) is 23.5. The fourth-order valence-corrected chi connectivity index (χ4v) is 2.69. The van der Waals surface area contributed by atoms with E-state index >= 15 is 0 Å². The van der Waals surface area contributed by atoms with E-state index in [4.69, 9.17) is 4.74 Å². The molecule has 142 valence electrons. The molecule has 6 nitrogen and oxygen atoms in total. The molecule has 0 spiro atoms. The molecule has 1 aliphatic rings. The van der Waals surface area contributed by atoms with Crippen molar-refractivity contribution in [3.8, 4) is 11.5 Å². The Labute approximate surface area is 152 Å². The van der Waals surface area contributed by atoms with Gasteiger partial charge in [-0.05, 0) is 48.0 Å². The van der Waals surface area contributed by atoms with Crippen LogP contribution in [-0.2, 0) is 0 Å². The number of phenols is 1. The van der Waals surface area contributed by atoms with Gasteiger partial charge in [0.25, 0.3) is 11.6 Å². The number of nitrogens with zero attached hydrogens (tertiary/aromatic N) is 2. The molecule has 0 saturated heterocycles. The second kappa shape index (κ2) is 6.58. The molecule has 0 aliphatic carbocycles. The van der Waals surface area contributed by atoms with E-state index in [9.17, 15) is 28.2 Å². The van der Waals surface area contributed by atoms with Crippen LogP contribution < -0.4 is 4.74 Å². The van der Waals surface area contributed by atoms with Crippen LogP contribution in [-0.4, -0.2) is 45.9 Å². The molecule has 27 heavy (non-hydrogen) atoms. The van der Waals surface area contributed by atoms with Gasteiger partial charge in [0, 0.05) is 5.56 Å². The first kappa shape index (κ1) is 18.7. The van der Waals surface area contributed by atoms with Gasteiger partial charge in [-0.1, -0.05) is 6.07 Å². The highest BCUT2D eigenvalue weighted by Crippen LogP contribution is 2.42. The number of ether oxygens (including phenoxy) is 1. The number of benzene rings is 2. The number of aliphatic hydroxyl groups is 1. The van der Waals surface area contributed by atoms with Gasteiger partial charge in [-0.3, -0.25) is 4.79 Å². The Balaban J connectivity index is 2.03. The van der Waals surface area contributed by atoms with Gasteiger partial charge in [0.2, 0.25) is 0 Å². The molecular weight excluding hydrogens is 365 g/mol. The van der Waals surface area contributed by atoms with Crippen molar-refractivity contribution in [2.75, 3.05) is 7.11 Å². The van der Waals surface area contributed by atoms with E-state index in [0.29, 0.717) is 11.3 Å². The van der Waals surface area contributed by atoms with Crippen molar-refractivity contribution in [1.29, 1.82) is 0 Å². The zero-order chi connectivity index (χ0) is 19.8. The van der Waals surface area contributed by atoms with Crippen LogP contribution in [0.3, 0.4) is 0 Å². The number of hydrogen-bond donors (Lipinski definition) is 2. The lowest BCUT2D eigenvalue weighted by atomic mass is 10.0. The molecule has 1 amide bonds. The number of carbonyl (C=O) groups excluding carboxylic acids is 1. The number of alkyl halides is 3. The molecule has 0 radical (unpaired) electrons. The molecule has 0 saturated carbocycles. The number of hydrogen-bond acceptors (Lipinski definition) is 5. The van der Waals surface area contributed by atoms with Crippen LogP contribution in [0.2, 0.25) is 0 Å². The highest BCUT2D eigenvalue weighted by molar-refractivity contribution is 6.05. The molecule has 1 heterocycles. The van der Waals surface area contributed by atoms with E-state index in [1.807, 2.05) is 0 Å². The van der Waals surface area contributed by atoms with Crippen LogP contribution in [0.25, 0.3) is 0 Å². The smallest absolute Gasteiger partial charge is 0.438 e. The third-order valence-corrected chi connectivity index (χ3v) is 4.15. The number of rotatable bonds is 3. The predicted molar refractivity (Wildman–Crippen MR) is 89.4 cm³/mol. The van der Waals surface area contributed by atoms with Gasteiger partial charge < -0.3 is 14.9 Å². The van der Waals surface area contributed by atoms with Gasteiger partial charge in [-0.2, -0.15) is 23.3 Å². The summed E-state index contributed by atoms with van der Waals surface area (Å²) >= 11 is 0. The molecule has 0 aromatic heterocycles. The van der Waals surface area contributed by atoms with Crippen molar-refractivity contribution in [2.45, 2.75) is 18.3 Å². The number of hydrazone groups is 1. The average Bonchev–Trinajstić information content (AvgIpc) is 3.00. The Bertz CT molecular complexity index is 896. The number of phenolic OH excluding ortho intramolecular Hbond substituents is 1. The summed E-state index contributed by atoms with van der Waals surface area (Å²) < 4.78 is 45.7. The molecule has 1 aliphatic heterocycles. The molecule has 2 aromatic rings. The number of aromatic hydroxyl groups is 1. The quantitative estimate of drug-likeness (QED) is 0.858. The van der Waals surface area contributed by atoms with E-state index in [-0.39, 0.29) is 22.0 Å². The summed E-state index contributed by atoms with van der Waals surface area (Å²) in [6, 6.07) is 10.8.